The monoisotopic (exact) mass is 391 g/mol. The van der Waals surface area contributed by atoms with Crippen LogP contribution in [0.5, 0.6) is 0 Å². The Labute approximate surface area is 157 Å². The zero-order valence-corrected chi connectivity index (χ0v) is 16.1. The number of aryl methyl sites for hydroxylation is 1. The van der Waals surface area contributed by atoms with Gasteiger partial charge in [0.1, 0.15) is 10.6 Å². The molecule has 1 aromatic heterocycles. The molecule has 2 heterocycles. The number of carboxylic acid groups (broad SMARTS) is 1. The average Bonchev–Trinajstić information content (AvgIpc) is 3.02. The predicted octanol–water partition coefficient (Wildman–Crippen LogP) is 1.10. The molecule has 1 aliphatic rings. The number of carbonyl (C=O) groups excluding carboxylic acids is 1. The highest BCUT2D eigenvalue weighted by atomic mass is 32.2. The number of carboxylic acids is 1. The zero-order chi connectivity index (χ0) is 19.9. The lowest BCUT2D eigenvalue weighted by Gasteiger charge is -2.34. The Bertz CT molecular complexity index is 1010. The maximum atomic E-state index is 13.1. The third-order valence-corrected chi connectivity index (χ3v) is 6.54. The first kappa shape index (κ1) is 19.1. The molecule has 1 unspecified atom stereocenters. The van der Waals surface area contributed by atoms with Gasteiger partial charge < -0.3 is 14.6 Å². The molecule has 2 aromatic rings. The lowest BCUT2D eigenvalue weighted by Crippen LogP contribution is -2.44. The number of carbonyl (C=O) groups is 2. The highest BCUT2D eigenvalue weighted by Crippen LogP contribution is 2.31. The van der Waals surface area contributed by atoms with Gasteiger partial charge in [-0.15, -0.1) is 0 Å². The summed E-state index contributed by atoms with van der Waals surface area (Å²) in [4.78, 5) is 26.3. The van der Waals surface area contributed by atoms with Crippen molar-refractivity contribution >= 4 is 21.9 Å². The molecule has 144 valence electrons. The molecule has 0 fully saturated rings. The van der Waals surface area contributed by atoms with Gasteiger partial charge in [-0.1, -0.05) is 24.3 Å². The van der Waals surface area contributed by atoms with E-state index in [1.54, 1.807) is 19.2 Å². The predicted molar refractivity (Wildman–Crippen MR) is 97.8 cm³/mol. The number of fused-ring (bicyclic) bond motifs is 1. The van der Waals surface area contributed by atoms with Crippen molar-refractivity contribution in [1.29, 1.82) is 0 Å². The largest absolute Gasteiger partial charge is 0.479 e. The van der Waals surface area contributed by atoms with Gasteiger partial charge >= 0.3 is 5.97 Å². The van der Waals surface area contributed by atoms with Crippen molar-refractivity contribution in [3.63, 3.8) is 0 Å². The third-order valence-electron chi connectivity index (χ3n) is 4.76. The zero-order valence-electron chi connectivity index (χ0n) is 15.3. The van der Waals surface area contributed by atoms with Crippen LogP contribution in [0.4, 0.5) is 0 Å². The van der Waals surface area contributed by atoms with E-state index in [1.165, 1.54) is 35.8 Å². The quantitative estimate of drug-likeness (QED) is 0.841. The summed E-state index contributed by atoms with van der Waals surface area (Å²) in [6.07, 6.45) is 1.90. The Kier molecular flexibility index (Phi) is 4.83. The Morgan fingerprint density at radius 3 is 2.52 bits per heavy atom. The smallest absolute Gasteiger partial charge is 0.331 e. The van der Waals surface area contributed by atoms with Crippen LogP contribution in [0.1, 0.15) is 27.7 Å². The number of hydrogen-bond acceptors (Lipinski definition) is 4. The second-order valence-electron chi connectivity index (χ2n) is 6.65. The van der Waals surface area contributed by atoms with E-state index >= 15 is 0 Å². The Morgan fingerprint density at radius 1 is 1.22 bits per heavy atom. The van der Waals surface area contributed by atoms with Crippen molar-refractivity contribution < 1.29 is 23.1 Å². The van der Waals surface area contributed by atoms with Crippen LogP contribution in [0.2, 0.25) is 0 Å². The summed E-state index contributed by atoms with van der Waals surface area (Å²) in [6.45, 7) is 0.244. The van der Waals surface area contributed by atoms with Crippen LogP contribution in [0.3, 0.4) is 0 Å². The normalized spacial score (nSPS) is 17.0. The van der Waals surface area contributed by atoms with Crippen LogP contribution in [-0.4, -0.2) is 59.8 Å². The van der Waals surface area contributed by atoms with E-state index < -0.39 is 27.9 Å². The number of amides is 1. The molecule has 0 saturated carbocycles. The first-order valence-electron chi connectivity index (χ1n) is 8.35. The molecule has 1 amide bonds. The number of benzene rings is 1. The van der Waals surface area contributed by atoms with Gasteiger partial charge in [0.15, 0.2) is 6.04 Å². The highest BCUT2D eigenvalue weighted by molar-refractivity contribution is 7.89. The molecule has 1 N–H and O–H groups in total. The van der Waals surface area contributed by atoms with E-state index in [9.17, 15) is 23.1 Å². The Balaban J connectivity index is 2.01. The molecule has 1 atom stereocenters. The molecule has 3 rings (SSSR count). The van der Waals surface area contributed by atoms with Crippen LogP contribution in [0.25, 0.3) is 0 Å². The van der Waals surface area contributed by atoms with Crippen LogP contribution in [0, 0.1) is 0 Å². The van der Waals surface area contributed by atoms with Gasteiger partial charge in [-0.2, -0.15) is 0 Å². The van der Waals surface area contributed by atoms with Gasteiger partial charge in [-0.25, -0.2) is 17.5 Å². The first-order valence-corrected chi connectivity index (χ1v) is 9.79. The SMILES string of the molecule is CN(C)S(=O)(=O)c1cc(C(=O)N2CCc3ccccc3C2C(=O)O)n(C)c1. The molecule has 8 nitrogen and oxygen atoms in total. The minimum absolute atomic E-state index is 0.0114. The third kappa shape index (κ3) is 3.24. The topological polar surface area (TPSA) is 99.9 Å². The van der Waals surface area contributed by atoms with Crippen LogP contribution in [0.15, 0.2) is 41.4 Å². The molecule has 1 aromatic carbocycles. The molecule has 1 aliphatic heterocycles. The van der Waals surface area contributed by atoms with Crippen molar-refractivity contribution in [2.45, 2.75) is 17.4 Å². The molecule has 0 bridgehead atoms. The number of aliphatic carboxylic acids is 1. The molecular formula is C18H21N3O5S. The standard InChI is InChI=1S/C18H21N3O5S/c1-19(2)27(25,26)13-10-15(20(3)11-13)17(22)21-9-8-12-6-4-5-7-14(12)16(21)18(23)24/h4-7,10-11,16H,8-9H2,1-3H3,(H,23,24). The minimum atomic E-state index is -3.70. The highest BCUT2D eigenvalue weighted by Gasteiger charge is 2.37. The van der Waals surface area contributed by atoms with E-state index in [0.717, 1.165) is 9.87 Å². The Hall–Kier alpha value is -2.65. The van der Waals surface area contributed by atoms with E-state index in [0.29, 0.717) is 12.0 Å². The van der Waals surface area contributed by atoms with E-state index in [1.807, 2.05) is 12.1 Å². The van der Waals surface area contributed by atoms with Crippen molar-refractivity contribution in [2.75, 3.05) is 20.6 Å². The fourth-order valence-electron chi connectivity index (χ4n) is 3.30. The molecule has 0 saturated heterocycles. The van der Waals surface area contributed by atoms with E-state index in [4.69, 9.17) is 0 Å². The van der Waals surface area contributed by atoms with Crippen LogP contribution < -0.4 is 0 Å². The maximum absolute atomic E-state index is 13.1. The van der Waals surface area contributed by atoms with Gasteiger partial charge in [0.25, 0.3) is 5.91 Å². The second-order valence-corrected chi connectivity index (χ2v) is 8.80. The fraction of sp³-hybridized carbons (Fsp3) is 0.333. The maximum Gasteiger partial charge on any atom is 0.331 e. The molecule has 27 heavy (non-hydrogen) atoms. The average molecular weight is 391 g/mol. The number of aromatic nitrogens is 1. The van der Waals surface area contributed by atoms with E-state index in [2.05, 4.69) is 0 Å². The lowest BCUT2D eigenvalue weighted by atomic mass is 9.92. The van der Waals surface area contributed by atoms with Crippen molar-refractivity contribution in [3.8, 4) is 0 Å². The second kappa shape index (κ2) is 6.82. The summed E-state index contributed by atoms with van der Waals surface area (Å²) >= 11 is 0. The fourth-order valence-corrected chi connectivity index (χ4v) is 4.27. The van der Waals surface area contributed by atoms with Crippen molar-refractivity contribution in [3.05, 3.63) is 53.3 Å². The number of sulfonamides is 1. The van der Waals surface area contributed by atoms with Crippen LogP contribution in [-0.2, 0) is 28.3 Å². The summed E-state index contributed by atoms with van der Waals surface area (Å²) in [6, 6.07) is 7.33. The van der Waals surface area contributed by atoms with Gasteiger partial charge in [0, 0.05) is 33.9 Å². The van der Waals surface area contributed by atoms with Gasteiger partial charge in [0.2, 0.25) is 10.0 Å². The molecule has 0 aliphatic carbocycles. The van der Waals surface area contributed by atoms with Gasteiger partial charge in [-0.05, 0) is 23.6 Å². The summed E-state index contributed by atoms with van der Waals surface area (Å²) in [5.74, 6) is -1.63. The molecule has 0 radical (unpaired) electrons. The number of rotatable bonds is 4. The summed E-state index contributed by atoms with van der Waals surface area (Å²) < 4.78 is 27.1. The first-order chi connectivity index (χ1) is 12.6. The minimum Gasteiger partial charge on any atom is -0.479 e. The summed E-state index contributed by atoms with van der Waals surface area (Å²) in [7, 11) is 0.686. The Morgan fingerprint density at radius 2 is 1.89 bits per heavy atom. The number of nitrogens with zero attached hydrogens (tertiary/aromatic N) is 3. The molecule has 9 heteroatoms. The van der Waals surface area contributed by atoms with Crippen LogP contribution >= 0.6 is 0 Å². The lowest BCUT2D eigenvalue weighted by molar-refractivity contribution is -0.143. The van der Waals surface area contributed by atoms with Gasteiger partial charge in [0.05, 0.1) is 0 Å². The van der Waals surface area contributed by atoms with Crippen molar-refractivity contribution in [1.82, 2.24) is 13.8 Å². The summed E-state index contributed by atoms with van der Waals surface area (Å²) in [5, 5.41) is 9.72. The molecular weight excluding hydrogens is 370 g/mol. The number of hydrogen-bond donors (Lipinski definition) is 1. The van der Waals surface area contributed by atoms with Crippen molar-refractivity contribution in [2.24, 2.45) is 7.05 Å². The summed E-state index contributed by atoms with van der Waals surface area (Å²) in [5.41, 5.74) is 1.61. The molecule has 0 spiro atoms. The van der Waals surface area contributed by atoms with E-state index in [-0.39, 0.29) is 17.1 Å². The van der Waals surface area contributed by atoms with Gasteiger partial charge in [-0.3, -0.25) is 4.79 Å².